The fourth-order valence-corrected chi connectivity index (χ4v) is 2.75. The second-order valence-corrected chi connectivity index (χ2v) is 6.29. The van der Waals surface area contributed by atoms with E-state index in [1.807, 2.05) is 0 Å². The third-order valence-electron chi connectivity index (χ3n) is 3.77. The van der Waals surface area contributed by atoms with E-state index in [0.717, 1.165) is 5.92 Å². The van der Waals surface area contributed by atoms with Crippen molar-refractivity contribution in [1.82, 2.24) is 5.32 Å². The van der Waals surface area contributed by atoms with Crippen LogP contribution in [0.2, 0.25) is 0 Å². The van der Waals surface area contributed by atoms with E-state index < -0.39 is 0 Å². The molecule has 1 aliphatic heterocycles. The second-order valence-electron chi connectivity index (χ2n) is 6.29. The summed E-state index contributed by atoms with van der Waals surface area (Å²) in [4.78, 5) is 0. The smallest absolute Gasteiger partial charge is 0.0156 e. The number of rotatable bonds is 2. The lowest BCUT2D eigenvalue weighted by molar-refractivity contribution is 0.112. The van der Waals surface area contributed by atoms with Gasteiger partial charge in [-0.2, -0.15) is 0 Å². The third-order valence-corrected chi connectivity index (χ3v) is 3.77. The molecule has 0 radical (unpaired) electrons. The van der Waals surface area contributed by atoms with Crippen LogP contribution in [0.1, 0.15) is 60.3 Å². The summed E-state index contributed by atoms with van der Waals surface area (Å²) in [7, 11) is 0. The van der Waals surface area contributed by atoms with E-state index in [1.165, 1.54) is 32.2 Å². The molecule has 1 nitrogen and oxygen atoms in total. The summed E-state index contributed by atoms with van der Waals surface area (Å²) in [5.41, 5.74) is 0.891. The Morgan fingerprint density at radius 2 is 2.00 bits per heavy atom. The minimum Gasteiger partial charge on any atom is -0.311 e. The van der Waals surface area contributed by atoms with Gasteiger partial charge >= 0.3 is 0 Å². The molecule has 0 aliphatic carbocycles. The van der Waals surface area contributed by atoms with Crippen molar-refractivity contribution in [1.29, 1.82) is 0 Å². The van der Waals surface area contributed by atoms with Gasteiger partial charge in [-0.3, -0.25) is 0 Å². The van der Waals surface area contributed by atoms with Crippen molar-refractivity contribution >= 4 is 0 Å². The summed E-state index contributed by atoms with van der Waals surface area (Å²) in [6, 6.07) is 0. The molecule has 0 aromatic rings. The van der Waals surface area contributed by atoms with Gasteiger partial charge in [0.25, 0.3) is 0 Å². The Hall–Kier alpha value is -0.0400. The number of hydrogen-bond donors (Lipinski definition) is 1. The molecule has 1 heteroatoms. The first-order valence-electron chi connectivity index (χ1n) is 6.12. The first kappa shape index (κ1) is 12.0. The molecule has 0 saturated carbocycles. The van der Waals surface area contributed by atoms with E-state index >= 15 is 0 Å². The van der Waals surface area contributed by atoms with Crippen LogP contribution in [-0.2, 0) is 0 Å². The molecule has 0 spiro atoms. The molecule has 2 unspecified atom stereocenters. The van der Waals surface area contributed by atoms with Crippen molar-refractivity contribution in [2.24, 2.45) is 11.3 Å². The average molecular weight is 197 g/mol. The van der Waals surface area contributed by atoms with Crippen LogP contribution < -0.4 is 5.32 Å². The molecule has 0 aromatic carbocycles. The highest BCUT2D eigenvalue weighted by molar-refractivity contribution is 4.93. The molecule has 1 rings (SSSR count). The largest absolute Gasteiger partial charge is 0.311 e. The highest BCUT2D eigenvalue weighted by Gasteiger charge is 2.36. The molecule has 1 N–H and O–H groups in total. The van der Waals surface area contributed by atoms with Crippen LogP contribution in [0.5, 0.6) is 0 Å². The van der Waals surface area contributed by atoms with Crippen molar-refractivity contribution in [3.63, 3.8) is 0 Å². The van der Waals surface area contributed by atoms with Crippen molar-refractivity contribution in [2.45, 2.75) is 65.8 Å². The molecule has 0 amide bonds. The standard InChI is InChI=1S/C13H27N/c1-6-8-13(5)10-11(7-9-14-13)12(2,3)4/h11,14H,6-10H2,1-5H3. The van der Waals surface area contributed by atoms with Gasteiger partial charge in [0.05, 0.1) is 0 Å². The van der Waals surface area contributed by atoms with E-state index in [2.05, 4.69) is 39.9 Å². The van der Waals surface area contributed by atoms with Gasteiger partial charge in [-0.05, 0) is 44.1 Å². The molecule has 0 bridgehead atoms. The second kappa shape index (κ2) is 4.22. The van der Waals surface area contributed by atoms with E-state index in [1.54, 1.807) is 0 Å². The van der Waals surface area contributed by atoms with Crippen LogP contribution in [0.15, 0.2) is 0 Å². The van der Waals surface area contributed by atoms with E-state index in [0.29, 0.717) is 11.0 Å². The summed E-state index contributed by atoms with van der Waals surface area (Å²) in [5.74, 6) is 0.889. The maximum absolute atomic E-state index is 3.70. The van der Waals surface area contributed by atoms with Gasteiger partial charge in [0.1, 0.15) is 0 Å². The molecule has 1 heterocycles. The quantitative estimate of drug-likeness (QED) is 0.713. The van der Waals surface area contributed by atoms with Crippen LogP contribution in [0.3, 0.4) is 0 Å². The van der Waals surface area contributed by atoms with Crippen LogP contribution in [-0.4, -0.2) is 12.1 Å². The van der Waals surface area contributed by atoms with Crippen LogP contribution in [0.25, 0.3) is 0 Å². The zero-order chi connectivity index (χ0) is 10.8. The number of hydrogen-bond acceptors (Lipinski definition) is 1. The van der Waals surface area contributed by atoms with Crippen molar-refractivity contribution in [3.8, 4) is 0 Å². The van der Waals surface area contributed by atoms with Crippen LogP contribution in [0, 0.1) is 11.3 Å². The fourth-order valence-electron chi connectivity index (χ4n) is 2.75. The third kappa shape index (κ3) is 2.98. The van der Waals surface area contributed by atoms with Gasteiger partial charge in [0.2, 0.25) is 0 Å². The molecular formula is C13H27N. The summed E-state index contributed by atoms with van der Waals surface area (Å²) in [5, 5.41) is 3.70. The topological polar surface area (TPSA) is 12.0 Å². The maximum atomic E-state index is 3.70. The first-order chi connectivity index (χ1) is 6.37. The van der Waals surface area contributed by atoms with Gasteiger partial charge in [-0.25, -0.2) is 0 Å². The highest BCUT2D eigenvalue weighted by atomic mass is 15.0. The minimum atomic E-state index is 0.408. The van der Waals surface area contributed by atoms with E-state index in [-0.39, 0.29) is 0 Å². The molecule has 0 aromatic heterocycles. The highest BCUT2D eigenvalue weighted by Crippen LogP contribution is 2.38. The molecule has 84 valence electrons. The summed E-state index contributed by atoms with van der Waals surface area (Å²) >= 11 is 0. The Kier molecular flexibility index (Phi) is 3.63. The van der Waals surface area contributed by atoms with Crippen molar-refractivity contribution in [3.05, 3.63) is 0 Å². The van der Waals surface area contributed by atoms with Crippen molar-refractivity contribution in [2.75, 3.05) is 6.54 Å². The monoisotopic (exact) mass is 197 g/mol. The summed E-state index contributed by atoms with van der Waals surface area (Å²) in [6.45, 7) is 13.0. The summed E-state index contributed by atoms with van der Waals surface area (Å²) in [6.07, 6.45) is 5.31. The van der Waals surface area contributed by atoms with Gasteiger partial charge < -0.3 is 5.32 Å². The fraction of sp³-hybridized carbons (Fsp3) is 1.00. The predicted octanol–water partition coefficient (Wildman–Crippen LogP) is 3.59. The first-order valence-corrected chi connectivity index (χ1v) is 6.12. The van der Waals surface area contributed by atoms with Gasteiger partial charge in [0, 0.05) is 5.54 Å². The average Bonchev–Trinajstić information content (AvgIpc) is 2.02. The number of piperidine rings is 1. The van der Waals surface area contributed by atoms with Crippen LogP contribution >= 0.6 is 0 Å². The maximum Gasteiger partial charge on any atom is 0.0156 e. The molecule has 1 aliphatic rings. The molecule has 1 fully saturated rings. The Labute approximate surface area is 89.7 Å². The number of nitrogens with one attached hydrogen (secondary N) is 1. The normalized spacial score (nSPS) is 34.5. The van der Waals surface area contributed by atoms with Gasteiger partial charge in [-0.15, -0.1) is 0 Å². The lowest BCUT2D eigenvalue weighted by atomic mass is 9.69. The van der Waals surface area contributed by atoms with E-state index in [4.69, 9.17) is 0 Å². The lowest BCUT2D eigenvalue weighted by Gasteiger charge is -2.44. The predicted molar refractivity (Wildman–Crippen MR) is 63.5 cm³/mol. The minimum absolute atomic E-state index is 0.408. The SMILES string of the molecule is CCCC1(C)CC(C(C)(C)C)CCN1. The Morgan fingerprint density at radius 1 is 1.36 bits per heavy atom. The Bertz CT molecular complexity index is 176. The molecular weight excluding hydrogens is 170 g/mol. The van der Waals surface area contributed by atoms with Gasteiger partial charge in [-0.1, -0.05) is 34.1 Å². The van der Waals surface area contributed by atoms with Crippen LogP contribution in [0.4, 0.5) is 0 Å². The zero-order valence-corrected chi connectivity index (χ0v) is 10.6. The van der Waals surface area contributed by atoms with E-state index in [9.17, 15) is 0 Å². The lowest BCUT2D eigenvalue weighted by Crippen LogP contribution is -2.50. The Morgan fingerprint density at radius 3 is 2.50 bits per heavy atom. The molecule has 14 heavy (non-hydrogen) atoms. The molecule has 1 saturated heterocycles. The van der Waals surface area contributed by atoms with Gasteiger partial charge in [0.15, 0.2) is 0 Å². The summed E-state index contributed by atoms with van der Waals surface area (Å²) < 4.78 is 0. The van der Waals surface area contributed by atoms with Crippen molar-refractivity contribution < 1.29 is 0 Å². The molecule has 2 atom stereocenters. The Balaban J connectivity index is 2.59. The zero-order valence-electron chi connectivity index (χ0n) is 10.6.